The standard InChI is InChI=1S/C12H19N3O2/c13-4-7-15-5-1-11(2-6-15)14-12(16)10-3-8-17-9-10/h3,8-9,11H,1-2,4-7,13H2,(H,14,16). The van der Waals surface area contributed by atoms with Crippen LogP contribution in [0.5, 0.6) is 0 Å². The molecule has 2 rings (SSSR count). The molecule has 0 spiro atoms. The van der Waals surface area contributed by atoms with Crippen LogP contribution in [-0.2, 0) is 0 Å². The average molecular weight is 237 g/mol. The Bertz CT molecular complexity index is 343. The van der Waals surface area contributed by atoms with Gasteiger partial charge in [0.2, 0.25) is 0 Å². The molecule has 0 atom stereocenters. The smallest absolute Gasteiger partial charge is 0.254 e. The molecule has 0 radical (unpaired) electrons. The van der Waals surface area contributed by atoms with Gasteiger partial charge in [-0.3, -0.25) is 4.79 Å². The van der Waals surface area contributed by atoms with Crippen LogP contribution in [0.2, 0.25) is 0 Å². The van der Waals surface area contributed by atoms with Crippen LogP contribution in [0.1, 0.15) is 23.2 Å². The van der Waals surface area contributed by atoms with Crippen LogP contribution in [0.3, 0.4) is 0 Å². The van der Waals surface area contributed by atoms with E-state index in [4.69, 9.17) is 10.2 Å². The third-order valence-corrected chi connectivity index (χ3v) is 3.15. The van der Waals surface area contributed by atoms with Crippen molar-refractivity contribution >= 4 is 5.91 Å². The summed E-state index contributed by atoms with van der Waals surface area (Å²) in [5.74, 6) is -0.0453. The number of piperidine rings is 1. The van der Waals surface area contributed by atoms with Gasteiger partial charge in [0.15, 0.2) is 0 Å². The average Bonchev–Trinajstić information content (AvgIpc) is 2.86. The van der Waals surface area contributed by atoms with Gasteiger partial charge in [0.25, 0.3) is 5.91 Å². The maximum Gasteiger partial charge on any atom is 0.254 e. The largest absolute Gasteiger partial charge is 0.472 e. The molecule has 5 heteroatoms. The van der Waals surface area contributed by atoms with Crippen LogP contribution in [0.25, 0.3) is 0 Å². The van der Waals surface area contributed by atoms with E-state index in [0.29, 0.717) is 12.1 Å². The van der Waals surface area contributed by atoms with E-state index in [-0.39, 0.29) is 11.9 Å². The van der Waals surface area contributed by atoms with Gasteiger partial charge in [-0.05, 0) is 18.9 Å². The van der Waals surface area contributed by atoms with E-state index >= 15 is 0 Å². The lowest BCUT2D eigenvalue weighted by molar-refractivity contribution is 0.0911. The van der Waals surface area contributed by atoms with E-state index in [1.165, 1.54) is 12.5 Å². The molecule has 1 aliphatic rings. The van der Waals surface area contributed by atoms with Gasteiger partial charge in [0.1, 0.15) is 6.26 Å². The number of furan rings is 1. The van der Waals surface area contributed by atoms with E-state index in [0.717, 1.165) is 32.5 Å². The van der Waals surface area contributed by atoms with Gasteiger partial charge >= 0.3 is 0 Å². The zero-order valence-electron chi connectivity index (χ0n) is 9.89. The Balaban J connectivity index is 1.76. The highest BCUT2D eigenvalue weighted by Gasteiger charge is 2.20. The molecule has 1 aromatic heterocycles. The zero-order chi connectivity index (χ0) is 12.1. The Labute approximate surface area is 101 Å². The molecule has 0 aliphatic carbocycles. The minimum absolute atomic E-state index is 0.0453. The van der Waals surface area contributed by atoms with Crippen molar-refractivity contribution in [1.82, 2.24) is 10.2 Å². The molecule has 94 valence electrons. The monoisotopic (exact) mass is 237 g/mol. The summed E-state index contributed by atoms with van der Waals surface area (Å²) < 4.78 is 4.89. The lowest BCUT2D eigenvalue weighted by Crippen LogP contribution is -2.45. The molecule has 0 saturated carbocycles. The highest BCUT2D eigenvalue weighted by Crippen LogP contribution is 2.10. The molecule has 17 heavy (non-hydrogen) atoms. The van der Waals surface area contributed by atoms with Gasteiger partial charge in [-0.2, -0.15) is 0 Å². The quantitative estimate of drug-likeness (QED) is 0.796. The zero-order valence-corrected chi connectivity index (χ0v) is 9.89. The number of hydrogen-bond donors (Lipinski definition) is 2. The number of carbonyl (C=O) groups excluding carboxylic acids is 1. The third kappa shape index (κ3) is 3.31. The molecular weight excluding hydrogens is 218 g/mol. The number of nitrogens with zero attached hydrogens (tertiary/aromatic N) is 1. The minimum atomic E-state index is -0.0453. The molecule has 1 saturated heterocycles. The lowest BCUT2D eigenvalue weighted by Gasteiger charge is -2.31. The maximum absolute atomic E-state index is 11.8. The van der Waals surface area contributed by atoms with Gasteiger partial charge in [0, 0.05) is 32.2 Å². The van der Waals surface area contributed by atoms with Crippen LogP contribution < -0.4 is 11.1 Å². The van der Waals surface area contributed by atoms with E-state index in [1.807, 2.05) is 0 Å². The van der Waals surface area contributed by atoms with Crippen LogP contribution >= 0.6 is 0 Å². The van der Waals surface area contributed by atoms with Crippen molar-refractivity contribution in [3.63, 3.8) is 0 Å². The van der Waals surface area contributed by atoms with Crippen LogP contribution in [-0.4, -0.2) is 43.0 Å². The normalized spacial score (nSPS) is 18.2. The molecule has 0 unspecified atom stereocenters. The van der Waals surface area contributed by atoms with Gasteiger partial charge in [-0.1, -0.05) is 0 Å². The first kappa shape index (κ1) is 12.1. The van der Waals surface area contributed by atoms with Gasteiger partial charge < -0.3 is 20.4 Å². The van der Waals surface area contributed by atoms with Crippen LogP contribution in [0, 0.1) is 0 Å². The first-order valence-electron chi connectivity index (χ1n) is 6.05. The fourth-order valence-electron chi connectivity index (χ4n) is 2.15. The fourth-order valence-corrected chi connectivity index (χ4v) is 2.15. The van der Waals surface area contributed by atoms with Crippen LogP contribution in [0.4, 0.5) is 0 Å². The second-order valence-electron chi connectivity index (χ2n) is 4.39. The van der Waals surface area contributed by atoms with Crippen molar-refractivity contribution in [3.8, 4) is 0 Å². The molecular formula is C12H19N3O2. The van der Waals surface area contributed by atoms with Crippen LogP contribution in [0.15, 0.2) is 23.0 Å². The molecule has 0 aromatic carbocycles. The second-order valence-corrected chi connectivity index (χ2v) is 4.39. The summed E-state index contributed by atoms with van der Waals surface area (Å²) in [7, 11) is 0. The maximum atomic E-state index is 11.8. The van der Waals surface area contributed by atoms with Crippen molar-refractivity contribution in [3.05, 3.63) is 24.2 Å². The van der Waals surface area contributed by atoms with E-state index in [2.05, 4.69) is 10.2 Å². The predicted molar refractivity (Wildman–Crippen MR) is 64.7 cm³/mol. The molecule has 1 aromatic rings. The Morgan fingerprint density at radius 2 is 2.29 bits per heavy atom. The Morgan fingerprint density at radius 3 is 2.88 bits per heavy atom. The minimum Gasteiger partial charge on any atom is -0.472 e. The summed E-state index contributed by atoms with van der Waals surface area (Å²) in [6.45, 7) is 3.66. The van der Waals surface area contributed by atoms with Crippen molar-refractivity contribution in [2.75, 3.05) is 26.2 Å². The molecule has 1 amide bonds. The molecule has 1 fully saturated rings. The number of hydrogen-bond acceptors (Lipinski definition) is 4. The summed E-state index contributed by atoms with van der Waals surface area (Å²) in [5, 5.41) is 3.03. The number of nitrogens with two attached hydrogens (primary N) is 1. The molecule has 1 aliphatic heterocycles. The SMILES string of the molecule is NCCN1CCC(NC(=O)c2ccoc2)CC1. The molecule has 3 N–H and O–H groups in total. The summed E-state index contributed by atoms with van der Waals surface area (Å²) in [6, 6.07) is 1.95. The molecule has 0 bridgehead atoms. The number of rotatable bonds is 4. The first-order chi connectivity index (χ1) is 8.29. The molecule has 5 nitrogen and oxygen atoms in total. The van der Waals surface area contributed by atoms with Crippen molar-refractivity contribution in [2.45, 2.75) is 18.9 Å². The van der Waals surface area contributed by atoms with Gasteiger partial charge in [-0.15, -0.1) is 0 Å². The van der Waals surface area contributed by atoms with E-state index < -0.39 is 0 Å². The van der Waals surface area contributed by atoms with Crippen molar-refractivity contribution in [2.24, 2.45) is 5.73 Å². The fraction of sp³-hybridized carbons (Fsp3) is 0.583. The van der Waals surface area contributed by atoms with E-state index in [9.17, 15) is 4.79 Å². The number of likely N-dealkylation sites (tertiary alicyclic amines) is 1. The summed E-state index contributed by atoms with van der Waals surface area (Å²) >= 11 is 0. The first-order valence-corrected chi connectivity index (χ1v) is 6.05. The second kappa shape index (κ2) is 5.84. The lowest BCUT2D eigenvalue weighted by atomic mass is 10.0. The number of amides is 1. The summed E-state index contributed by atoms with van der Waals surface area (Å²) in [4.78, 5) is 14.1. The Kier molecular flexibility index (Phi) is 4.17. The molecule has 2 heterocycles. The Morgan fingerprint density at radius 1 is 1.53 bits per heavy atom. The van der Waals surface area contributed by atoms with Crippen molar-refractivity contribution in [1.29, 1.82) is 0 Å². The number of nitrogens with one attached hydrogen (secondary N) is 1. The Hall–Kier alpha value is -1.33. The number of carbonyl (C=O) groups is 1. The summed E-state index contributed by atoms with van der Waals surface area (Å²) in [5.41, 5.74) is 6.11. The van der Waals surface area contributed by atoms with E-state index in [1.54, 1.807) is 6.07 Å². The highest BCUT2D eigenvalue weighted by molar-refractivity contribution is 5.93. The third-order valence-electron chi connectivity index (χ3n) is 3.15. The topological polar surface area (TPSA) is 71.5 Å². The highest BCUT2D eigenvalue weighted by atomic mass is 16.3. The van der Waals surface area contributed by atoms with Gasteiger partial charge in [-0.25, -0.2) is 0 Å². The van der Waals surface area contributed by atoms with Gasteiger partial charge in [0.05, 0.1) is 11.8 Å². The van der Waals surface area contributed by atoms with Crippen molar-refractivity contribution < 1.29 is 9.21 Å². The predicted octanol–water partition coefficient (Wildman–Crippen LogP) is 0.433. The summed E-state index contributed by atoms with van der Waals surface area (Å²) in [6.07, 6.45) is 4.96.